The van der Waals surface area contributed by atoms with Gasteiger partial charge in [-0.1, -0.05) is 39.0 Å². The van der Waals surface area contributed by atoms with E-state index < -0.39 is 11.5 Å². The zero-order chi connectivity index (χ0) is 14.9. The van der Waals surface area contributed by atoms with Crippen LogP contribution in [0, 0.1) is 5.41 Å². The number of anilines is 1. The van der Waals surface area contributed by atoms with Gasteiger partial charge >= 0.3 is 0 Å². The number of carbonyl (C=O) groups is 2. The Bertz CT molecular complexity index is 532. The van der Waals surface area contributed by atoms with Crippen LogP contribution in [0.25, 0.3) is 0 Å². The van der Waals surface area contributed by atoms with E-state index in [2.05, 4.69) is 5.32 Å². The summed E-state index contributed by atoms with van der Waals surface area (Å²) in [6.07, 6.45) is 0.877. The van der Waals surface area contributed by atoms with Gasteiger partial charge in [0.25, 0.3) is 0 Å². The second-order valence-corrected chi connectivity index (χ2v) is 6.31. The number of benzene rings is 1. The normalized spacial score (nSPS) is 15.7. The number of nitrogens with one attached hydrogen (secondary N) is 1. The number of rotatable bonds is 2. The van der Waals surface area contributed by atoms with Crippen LogP contribution in [0.5, 0.6) is 0 Å². The first-order chi connectivity index (χ1) is 9.30. The monoisotopic (exact) mass is 274 g/mol. The molecule has 2 rings (SSSR count). The summed E-state index contributed by atoms with van der Waals surface area (Å²) >= 11 is 0. The molecule has 1 aromatic rings. The highest BCUT2D eigenvalue weighted by Crippen LogP contribution is 2.28. The van der Waals surface area contributed by atoms with Crippen molar-refractivity contribution in [3.63, 3.8) is 0 Å². The van der Waals surface area contributed by atoms with E-state index in [1.165, 1.54) is 5.56 Å². The molecule has 1 N–H and O–H groups in total. The molecule has 0 aliphatic carbocycles. The lowest BCUT2D eigenvalue weighted by atomic mass is 9.95. The van der Waals surface area contributed by atoms with Crippen LogP contribution in [0.4, 0.5) is 5.69 Å². The van der Waals surface area contributed by atoms with Gasteiger partial charge in [0.05, 0.1) is 0 Å². The van der Waals surface area contributed by atoms with Gasteiger partial charge in [0.2, 0.25) is 11.8 Å². The molecule has 1 aliphatic heterocycles. The molecule has 0 unspecified atom stereocenters. The van der Waals surface area contributed by atoms with Crippen molar-refractivity contribution in [2.45, 2.75) is 40.2 Å². The van der Waals surface area contributed by atoms with Gasteiger partial charge in [0, 0.05) is 17.6 Å². The third kappa shape index (κ3) is 2.84. The molecule has 0 fully saturated rings. The Labute approximate surface area is 120 Å². The highest BCUT2D eigenvalue weighted by atomic mass is 16.2. The first-order valence-corrected chi connectivity index (χ1v) is 7.01. The van der Waals surface area contributed by atoms with Gasteiger partial charge in [0.1, 0.15) is 6.04 Å². The van der Waals surface area contributed by atoms with Crippen molar-refractivity contribution < 1.29 is 9.59 Å². The summed E-state index contributed by atoms with van der Waals surface area (Å²) in [7, 11) is 0. The molecule has 0 saturated heterocycles. The zero-order valence-corrected chi connectivity index (χ0v) is 12.6. The van der Waals surface area contributed by atoms with Gasteiger partial charge < -0.3 is 10.2 Å². The van der Waals surface area contributed by atoms with Gasteiger partial charge in [0.15, 0.2) is 0 Å². The molecule has 1 atom stereocenters. The Kier molecular flexibility index (Phi) is 3.84. The maximum absolute atomic E-state index is 12.5. The Morgan fingerprint density at radius 2 is 1.90 bits per heavy atom. The topological polar surface area (TPSA) is 49.4 Å². The van der Waals surface area contributed by atoms with Gasteiger partial charge in [-0.2, -0.15) is 0 Å². The largest absolute Gasteiger partial charge is 0.344 e. The molecule has 4 heteroatoms. The summed E-state index contributed by atoms with van der Waals surface area (Å²) in [5.74, 6) is -0.154. The Morgan fingerprint density at radius 3 is 2.55 bits per heavy atom. The van der Waals surface area contributed by atoms with Crippen molar-refractivity contribution in [1.82, 2.24) is 5.32 Å². The third-order valence-electron chi connectivity index (χ3n) is 3.55. The quantitative estimate of drug-likeness (QED) is 0.898. The molecule has 20 heavy (non-hydrogen) atoms. The van der Waals surface area contributed by atoms with Crippen molar-refractivity contribution in [1.29, 1.82) is 0 Å². The molecule has 108 valence electrons. The van der Waals surface area contributed by atoms with E-state index in [-0.39, 0.29) is 11.8 Å². The van der Waals surface area contributed by atoms with E-state index in [9.17, 15) is 9.59 Å². The minimum Gasteiger partial charge on any atom is -0.344 e. The molecular formula is C16H22N2O2. The Hall–Kier alpha value is -1.84. The first kappa shape index (κ1) is 14.6. The van der Waals surface area contributed by atoms with Crippen LogP contribution in [0.2, 0.25) is 0 Å². The van der Waals surface area contributed by atoms with Crippen molar-refractivity contribution in [2.24, 2.45) is 5.41 Å². The second kappa shape index (κ2) is 5.27. The standard InChI is InChI=1S/C16H22N2O2/c1-11(17-15(20)16(2,3)4)14(19)18-10-9-12-7-5-6-8-13(12)18/h5-8,11H,9-10H2,1-4H3,(H,17,20)/t11-/m1/s1. The smallest absolute Gasteiger partial charge is 0.249 e. The number of carbonyl (C=O) groups excluding carboxylic acids is 2. The third-order valence-corrected chi connectivity index (χ3v) is 3.55. The molecule has 1 heterocycles. The maximum atomic E-state index is 12.5. The van der Waals surface area contributed by atoms with Crippen LogP contribution >= 0.6 is 0 Å². The predicted octanol–water partition coefficient (Wildman–Crippen LogP) is 2.13. The Morgan fingerprint density at radius 1 is 1.25 bits per heavy atom. The van der Waals surface area contributed by atoms with E-state index in [4.69, 9.17) is 0 Å². The minimum absolute atomic E-state index is 0.0486. The van der Waals surface area contributed by atoms with Crippen molar-refractivity contribution in [2.75, 3.05) is 11.4 Å². The predicted molar refractivity (Wildman–Crippen MR) is 79.6 cm³/mol. The fourth-order valence-corrected chi connectivity index (χ4v) is 2.28. The van der Waals surface area contributed by atoms with Crippen molar-refractivity contribution >= 4 is 17.5 Å². The summed E-state index contributed by atoms with van der Waals surface area (Å²) in [5.41, 5.74) is 1.67. The summed E-state index contributed by atoms with van der Waals surface area (Å²) in [6, 6.07) is 7.41. The molecule has 1 aliphatic rings. The summed E-state index contributed by atoms with van der Waals surface area (Å²) in [5, 5.41) is 2.80. The van der Waals surface area contributed by atoms with Gasteiger partial charge in [-0.25, -0.2) is 0 Å². The van der Waals surface area contributed by atoms with Crippen LogP contribution < -0.4 is 10.2 Å². The number of fused-ring (bicyclic) bond motifs is 1. The van der Waals surface area contributed by atoms with Crippen LogP contribution in [0.1, 0.15) is 33.3 Å². The highest BCUT2D eigenvalue weighted by molar-refractivity contribution is 6.00. The van der Waals surface area contributed by atoms with Gasteiger partial charge in [-0.05, 0) is 25.0 Å². The van der Waals surface area contributed by atoms with Crippen molar-refractivity contribution in [3.8, 4) is 0 Å². The van der Waals surface area contributed by atoms with Crippen LogP contribution in [0.15, 0.2) is 24.3 Å². The molecule has 0 aromatic heterocycles. The fourth-order valence-electron chi connectivity index (χ4n) is 2.28. The van der Waals surface area contributed by atoms with E-state index in [1.54, 1.807) is 11.8 Å². The number of para-hydroxylation sites is 1. The molecule has 1 aromatic carbocycles. The highest BCUT2D eigenvalue weighted by Gasteiger charge is 2.30. The maximum Gasteiger partial charge on any atom is 0.249 e. The molecule has 0 saturated carbocycles. The number of amides is 2. The molecule has 0 radical (unpaired) electrons. The summed E-state index contributed by atoms with van der Waals surface area (Å²) < 4.78 is 0. The van der Waals surface area contributed by atoms with E-state index in [0.29, 0.717) is 6.54 Å². The summed E-state index contributed by atoms with van der Waals surface area (Å²) in [6.45, 7) is 7.95. The van der Waals surface area contributed by atoms with E-state index in [1.807, 2.05) is 45.0 Å². The Balaban J connectivity index is 2.08. The molecule has 0 bridgehead atoms. The van der Waals surface area contributed by atoms with Crippen LogP contribution in [-0.4, -0.2) is 24.4 Å². The number of nitrogens with zero attached hydrogens (tertiary/aromatic N) is 1. The number of hydrogen-bond donors (Lipinski definition) is 1. The lowest BCUT2D eigenvalue weighted by molar-refractivity contribution is -0.132. The lowest BCUT2D eigenvalue weighted by Gasteiger charge is -2.25. The van der Waals surface area contributed by atoms with E-state index >= 15 is 0 Å². The van der Waals surface area contributed by atoms with Crippen LogP contribution in [-0.2, 0) is 16.0 Å². The summed E-state index contributed by atoms with van der Waals surface area (Å²) in [4.78, 5) is 26.2. The van der Waals surface area contributed by atoms with Gasteiger partial charge in [-0.15, -0.1) is 0 Å². The number of hydrogen-bond acceptors (Lipinski definition) is 2. The second-order valence-electron chi connectivity index (χ2n) is 6.31. The minimum atomic E-state index is -0.507. The lowest BCUT2D eigenvalue weighted by Crippen LogP contribution is -2.49. The first-order valence-electron chi connectivity index (χ1n) is 7.01. The molecule has 2 amide bonds. The molecule has 4 nitrogen and oxygen atoms in total. The van der Waals surface area contributed by atoms with E-state index in [0.717, 1.165) is 12.1 Å². The van der Waals surface area contributed by atoms with Gasteiger partial charge in [-0.3, -0.25) is 9.59 Å². The average Bonchev–Trinajstić information content (AvgIpc) is 2.80. The molecular weight excluding hydrogens is 252 g/mol. The zero-order valence-electron chi connectivity index (χ0n) is 12.6. The molecule has 0 spiro atoms. The average molecular weight is 274 g/mol. The fraction of sp³-hybridized carbons (Fsp3) is 0.500. The van der Waals surface area contributed by atoms with Crippen LogP contribution in [0.3, 0.4) is 0 Å². The SMILES string of the molecule is C[C@@H](NC(=O)C(C)(C)C)C(=O)N1CCc2ccccc21. The van der Waals surface area contributed by atoms with Crippen molar-refractivity contribution in [3.05, 3.63) is 29.8 Å².